The van der Waals surface area contributed by atoms with E-state index in [1.54, 1.807) is 11.3 Å². The molecule has 2 aromatic heterocycles. The van der Waals surface area contributed by atoms with Gasteiger partial charge in [-0.25, -0.2) is 4.98 Å². The molecule has 0 bridgehead atoms. The van der Waals surface area contributed by atoms with E-state index >= 15 is 0 Å². The molecule has 0 aliphatic heterocycles. The number of nitrogens with zero attached hydrogens (tertiary/aromatic N) is 2. The molecule has 1 aliphatic rings. The molecule has 0 unspecified atom stereocenters. The summed E-state index contributed by atoms with van der Waals surface area (Å²) in [5.74, 6) is 1.03. The Morgan fingerprint density at radius 1 is 1.37 bits per heavy atom. The van der Waals surface area contributed by atoms with E-state index in [4.69, 9.17) is 0 Å². The van der Waals surface area contributed by atoms with E-state index in [0.29, 0.717) is 0 Å². The van der Waals surface area contributed by atoms with Gasteiger partial charge in [-0.05, 0) is 37.4 Å². The van der Waals surface area contributed by atoms with E-state index in [-0.39, 0.29) is 0 Å². The molecule has 102 valence electrons. The molecule has 0 amide bonds. The topological polar surface area (TPSA) is 28.2 Å². The van der Waals surface area contributed by atoms with E-state index in [1.807, 2.05) is 6.20 Å². The summed E-state index contributed by atoms with van der Waals surface area (Å²) in [5, 5.41) is 6.86. The zero-order valence-electron chi connectivity index (χ0n) is 11.4. The Hall–Kier alpha value is -1.13. The van der Waals surface area contributed by atoms with Gasteiger partial charge in [-0.3, -0.25) is 0 Å². The van der Waals surface area contributed by atoms with Crippen LogP contribution in [-0.4, -0.2) is 36.1 Å². The van der Waals surface area contributed by atoms with Crippen LogP contribution >= 0.6 is 11.3 Å². The molecule has 4 heteroatoms. The Bertz CT molecular complexity index is 531. The van der Waals surface area contributed by atoms with Gasteiger partial charge in [-0.15, -0.1) is 11.3 Å². The lowest BCUT2D eigenvalue weighted by Gasteiger charge is -2.24. The zero-order chi connectivity index (χ0) is 13.1. The highest BCUT2D eigenvalue weighted by atomic mass is 32.1. The molecular weight excluding hydrogens is 254 g/mol. The van der Waals surface area contributed by atoms with Crippen molar-refractivity contribution in [3.05, 3.63) is 23.7 Å². The fraction of sp³-hybridized carbons (Fsp3) is 0.533. The normalized spacial score (nSPS) is 16.5. The summed E-state index contributed by atoms with van der Waals surface area (Å²) in [6, 6.07) is 5.03. The van der Waals surface area contributed by atoms with Crippen molar-refractivity contribution in [2.24, 2.45) is 0 Å². The number of thiophene rings is 1. The summed E-state index contributed by atoms with van der Waals surface area (Å²) in [6.45, 7) is 2.06. The van der Waals surface area contributed by atoms with E-state index < -0.39 is 0 Å². The zero-order valence-corrected chi connectivity index (χ0v) is 12.2. The summed E-state index contributed by atoms with van der Waals surface area (Å²) in [5.41, 5.74) is 0. The first kappa shape index (κ1) is 12.9. The highest BCUT2D eigenvalue weighted by Crippen LogP contribution is 2.26. The van der Waals surface area contributed by atoms with Gasteiger partial charge in [0.05, 0.1) is 0 Å². The Balaban J connectivity index is 1.55. The highest BCUT2D eigenvalue weighted by Gasteiger charge is 2.18. The van der Waals surface area contributed by atoms with Crippen molar-refractivity contribution in [2.45, 2.75) is 31.7 Å². The lowest BCUT2D eigenvalue weighted by molar-refractivity contribution is 0.254. The second kappa shape index (κ2) is 5.88. The van der Waals surface area contributed by atoms with Crippen LogP contribution in [0.2, 0.25) is 0 Å². The first-order valence-electron chi connectivity index (χ1n) is 7.11. The van der Waals surface area contributed by atoms with E-state index in [0.717, 1.165) is 24.9 Å². The second-order valence-electron chi connectivity index (χ2n) is 5.34. The maximum Gasteiger partial charge on any atom is 0.134 e. The molecule has 19 heavy (non-hydrogen) atoms. The summed E-state index contributed by atoms with van der Waals surface area (Å²) in [6.07, 6.45) is 7.43. The Morgan fingerprint density at radius 2 is 2.21 bits per heavy atom. The minimum Gasteiger partial charge on any atom is -0.368 e. The average molecular weight is 275 g/mol. The highest BCUT2D eigenvalue weighted by molar-refractivity contribution is 7.17. The maximum absolute atomic E-state index is 4.45. The third-order valence-corrected chi connectivity index (χ3v) is 4.97. The molecule has 3 nitrogen and oxygen atoms in total. The lowest BCUT2D eigenvalue weighted by atomic mass is 10.2. The number of hydrogen-bond donors (Lipinski definition) is 1. The summed E-state index contributed by atoms with van der Waals surface area (Å²) < 4.78 is 1.31. The smallest absolute Gasteiger partial charge is 0.134 e. The third-order valence-electron chi connectivity index (χ3n) is 4.08. The molecule has 3 rings (SSSR count). The quantitative estimate of drug-likeness (QED) is 0.904. The maximum atomic E-state index is 4.45. The molecule has 1 fully saturated rings. The summed E-state index contributed by atoms with van der Waals surface area (Å²) in [4.78, 5) is 6.94. The van der Waals surface area contributed by atoms with Gasteiger partial charge in [-0.1, -0.05) is 12.8 Å². The molecule has 0 aromatic carbocycles. The van der Waals surface area contributed by atoms with Crippen LogP contribution in [0.25, 0.3) is 10.1 Å². The van der Waals surface area contributed by atoms with Gasteiger partial charge in [-0.2, -0.15) is 0 Å². The molecule has 0 spiro atoms. The molecule has 1 N–H and O–H groups in total. The monoisotopic (exact) mass is 275 g/mol. The van der Waals surface area contributed by atoms with E-state index in [1.165, 1.54) is 35.8 Å². The first-order chi connectivity index (χ1) is 9.34. The van der Waals surface area contributed by atoms with Gasteiger partial charge in [0.2, 0.25) is 0 Å². The molecule has 0 atom stereocenters. The molecule has 2 aromatic rings. The minimum absolute atomic E-state index is 0.798. The number of fused-ring (bicyclic) bond motifs is 1. The molecule has 0 saturated heterocycles. The van der Waals surface area contributed by atoms with Crippen molar-refractivity contribution in [2.75, 3.05) is 25.5 Å². The molecule has 1 saturated carbocycles. The van der Waals surface area contributed by atoms with E-state index in [9.17, 15) is 0 Å². The van der Waals surface area contributed by atoms with Crippen LogP contribution in [0, 0.1) is 0 Å². The summed E-state index contributed by atoms with van der Waals surface area (Å²) >= 11 is 1.77. The van der Waals surface area contributed by atoms with Crippen LogP contribution in [0.5, 0.6) is 0 Å². The fourth-order valence-corrected chi connectivity index (χ4v) is 3.70. The predicted octanol–water partition coefficient (Wildman–Crippen LogP) is 3.58. The van der Waals surface area contributed by atoms with Crippen LogP contribution < -0.4 is 5.32 Å². The van der Waals surface area contributed by atoms with Crippen LogP contribution in [0.4, 0.5) is 5.82 Å². The summed E-state index contributed by atoms with van der Waals surface area (Å²) in [7, 11) is 2.25. The Kier molecular flexibility index (Phi) is 3.99. The van der Waals surface area contributed by atoms with Gasteiger partial charge in [0.1, 0.15) is 5.82 Å². The van der Waals surface area contributed by atoms with Crippen LogP contribution in [0.1, 0.15) is 25.7 Å². The number of likely N-dealkylation sites (N-methyl/N-ethyl adjacent to an activating group) is 1. The van der Waals surface area contributed by atoms with Crippen LogP contribution in [0.15, 0.2) is 23.7 Å². The number of pyridine rings is 1. The second-order valence-corrected chi connectivity index (χ2v) is 6.29. The molecule has 2 heterocycles. The van der Waals surface area contributed by atoms with Crippen molar-refractivity contribution in [1.29, 1.82) is 0 Å². The number of hydrogen-bond acceptors (Lipinski definition) is 4. The number of aromatic nitrogens is 1. The predicted molar refractivity (Wildman–Crippen MR) is 83.0 cm³/mol. The van der Waals surface area contributed by atoms with Crippen LogP contribution in [-0.2, 0) is 0 Å². The van der Waals surface area contributed by atoms with Crippen molar-refractivity contribution in [1.82, 2.24) is 9.88 Å². The Labute approximate surface area is 118 Å². The van der Waals surface area contributed by atoms with Gasteiger partial charge in [0, 0.05) is 35.4 Å². The van der Waals surface area contributed by atoms with E-state index in [2.05, 4.69) is 39.8 Å². The number of anilines is 1. The van der Waals surface area contributed by atoms with Crippen molar-refractivity contribution in [3.63, 3.8) is 0 Å². The molecule has 0 radical (unpaired) electrons. The molecular formula is C15H21N3S. The van der Waals surface area contributed by atoms with Crippen molar-refractivity contribution in [3.8, 4) is 0 Å². The van der Waals surface area contributed by atoms with Gasteiger partial charge in [0.25, 0.3) is 0 Å². The van der Waals surface area contributed by atoms with Gasteiger partial charge < -0.3 is 10.2 Å². The average Bonchev–Trinajstić information content (AvgIpc) is 3.10. The van der Waals surface area contributed by atoms with Crippen LogP contribution in [0.3, 0.4) is 0 Å². The van der Waals surface area contributed by atoms with Crippen molar-refractivity contribution < 1.29 is 0 Å². The number of nitrogens with one attached hydrogen (secondary N) is 1. The number of rotatable bonds is 5. The third kappa shape index (κ3) is 2.90. The first-order valence-corrected chi connectivity index (χ1v) is 7.99. The van der Waals surface area contributed by atoms with Gasteiger partial charge >= 0.3 is 0 Å². The van der Waals surface area contributed by atoms with Gasteiger partial charge in [0.15, 0.2) is 0 Å². The van der Waals surface area contributed by atoms with Crippen molar-refractivity contribution >= 4 is 27.2 Å². The minimum atomic E-state index is 0.798. The molecule has 1 aliphatic carbocycles. The largest absolute Gasteiger partial charge is 0.368 e. The lowest BCUT2D eigenvalue weighted by Crippen LogP contribution is -2.33. The fourth-order valence-electron chi connectivity index (χ4n) is 2.91. The standard InChI is InChI=1S/C15H21N3S/c1-18(12-4-2-3-5-12)10-9-17-15-13-7-11-19-14(13)6-8-16-15/h6-8,11-12H,2-5,9-10H2,1H3,(H,16,17). The Morgan fingerprint density at radius 3 is 3.05 bits per heavy atom. The SMILES string of the molecule is CN(CCNc1nccc2sccc12)C1CCCC1.